The van der Waals surface area contributed by atoms with Crippen LogP contribution in [0.15, 0.2) is 33.2 Å². The summed E-state index contributed by atoms with van der Waals surface area (Å²) in [5, 5.41) is 11.8. The Hall–Kier alpha value is -1.20. The van der Waals surface area contributed by atoms with E-state index in [4.69, 9.17) is 4.42 Å². The summed E-state index contributed by atoms with van der Waals surface area (Å²) in [7, 11) is 0. The Kier molecular flexibility index (Phi) is 3.45. The van der Waals surface area contributed by atoms with Crippen LogP contribution < -0.4 is 5.32 Å². The van der Waals surface area contributed by atoms with Crippen LogP contribution in [0.3, 0.4) is 0 Å². The van der Waals surface area contributed by atoms with Gasteiger partial charge in [-0.1, -0.05) is 39.8 Å². The highest BCUT2D eigenvalue weighted by Gasteiger charge is 2.64. The van der Waals surface area contributed by atoms with Crippen molar-refractivity contribution in [1.82, 2.24) is 15.5 Å². The van der Waals surface area contributed by atoms with Crippen LogP contribution in [0.25, 0.3) is 11.5 Å². The molecular formula is C16H20BrN3O. The quantitative estimate of drug-likeness (QED) is 0.905. The fraction of sp³-hybridized carbons (Fsp3) is 0.500. The van der Waals surface area contributed by atoms with Crippen molar-refractivity contribution in [2.45, 2.75) is 40.3 Å². The van der Waals surface area contributed by atoms with Crippen molar-refractivity contribution in [2.24, 2.45) is 10.8 Å². The van der Waals surface area contributed by atoms with Crippen LogP contribution >= 0.6 is 15.9 Å². The lowest BCUT2D eigenvalue weighted by Crippen LogP contribution is -2.21. The highest BCUT2D eigenvalue weighted by Crippen LogP contribution is 2.62. The van der Waals surface area contributed by atoms with Crippen molar-refractivity contribution in [2.75, 3.05) is 0 Å². The van der Waals surface area contributed by atoms with E-state index in [1.807, 2.05) is 24.3 Å². The second-order valence-electron chi connectivity index (χ2n) is 6.74. The van der Waals surface area contributed by atoms with Gasteiger partial charge in [0.05, 0.1) is 12.1 Å². The molecule has 0 unspecified atom stereocenters. The van der Waals surface area contributed by atoms with Crippen molar-refractivity contribution in [3.63, 3.8) is 0 Å². The van der Waals surface area contributed by atoms with Gasteiger partial charge in [-0.25, -0.2) is 0 Å². The van der Waals surface area contributed by atoms with E-state index in [1.165, 1.54) is 0 Å². The van der Waals surface area contributed by atoms with E-state index in [0.29, 0.717) is 35.2 Å². The molecule has 21 heavy (non-hydrogen) atoms. The van der Waals surface area contributed by atoms with Gasteiger partial charge in [0.2, 0.25) is 11.8 Å². The number of nitrogens with zero attached hydrogens (tertiary/aromatic N) is 2. The van der Waals surface area contributed by atoms with Crippen LogP contribution in [0.4, 0.5) is 0 Å². The fourth-order valence-electron chi connectivity index (χ4n) is 2.96. The van der Waals surface area contributed by atoms with E-state index in [2.05, 4.69) is 59.1 Å². The summed E-state index contributed by atoms with van der Waals surface area (Å²) in [6, 6.07) is 8.32. The molecule has 1 aromatic heterocycles. The Labute approximate surface area is 133 Å². The summed E-state index contributed by atoms with van der Waals surface area (Å²) < 4.78 is 6.71. The minimum Gasteiger partial charge on any atom is -0.419 e. The molecule has 1 N–H and O–H groups in total. The number of nitrogens with one attached hydrogen (secondary N) is 1. The predicted octanol–water partition coefficient (Wildman–Crippen LogP) is 4.02. The van der Waals surface area contributed by atoms with Gasteiger partial charge < -0.3 is 9.73 Å². The standard InChI is InChI=1S/C16H20BrN3O/c1-15(2)14(16(15,3)4)18-9-12-19-20-13(21-12)10-7-5-6-8-11(10)17/h5-8,14,18H,9H2,1-4H3. The van der Waals surface area contributed by atoms with Gasteiger partial charge in [0.15, 0.2) is 0 Å². The monoisotopic (exact) mass is 349 g/mol. The van der Waals surface area contributed by atoms with E-state index < -0.39 is 0 Å². The van der Waals surface area contributed by atoms with Crippen molar-refractivity contribution < 1.29 is 4.42 Å². The highest BCUT2D eigenvalue weighted by molar-refractivity contribution is 9.10. The smallest absolute Gasteiger partial charge is 0.248 e. The molecule has 5 heteroatoms. The van der Waals surface area contributed by atoms with Crippen LogP contribution in [-0.2, 0) is 6.54 Å². The first-order valence-electron chi connectivity index (χ1n) is 7.14. The van der Waals surface area contributed by atoms with Crippen LogP contribution in [0.2, 0.25) is 0 Å². The molecule has 3 rings (SSSR count). The topological polar surface area (TPSA) is 51.0 Å². The normalized spacial score (nSPS) is 19.7. The third-order valence-electron chi connectivity index (χ3n) is 5.05. The summed E-state index contributed by atoms with van der Waals surface area (Å²) in [6.07, 6.45) is 0. The molecule has 112 valence electrons. The average molecular weight is 350 g/mol. The molecule has 1 aliphatic rings. The number of aromatic nitrogens is 2. The molecule has 1 aliphatic carbocycles. The van der Waals surface area contributed by atoms with Gasteiger partial charge >= 0.3 is 0 Å². The van der Waals surface area contributed by atoms with Crippen LogP contribution in [-0.4, -0.2) is 16.2 Å². The largest absolute Gasteiger partial charge is 0.419 e. The first-order chi connectivity index (χ1) is 9.84. The van der Waals surface area contributed by atoms with Gasteiger partial charge in [0, 0.05) is 10.5 Å². The molecule has 0 bridgehead atoms. The zero-order valence-corrected chi connectivity index (χ0v) is 14.4. The van der Waals surface area contributed by atoms with Gasteiger partial charge in [-0.2, -0.15) is 0 Å². The van der Waals surface area contributed by atoms with E-state index in [-0.39, 0.29) is 0 Å². The van der Waals surface area contributed by atoms with E-state index in [1.54, 1.807) is 0 Å². The maximum absolute atomic E-state index is 5.75. The predicted molar refractivity (Wildman–Crippen MR) is 85.6 cm³/mol. The van der Waals surface area contributed by atoms with Gasteiger partial charge in [-0.05, 0) is 38.9 Å². The molecule has 0 radical (unpaired) electrons. The molecule has 1 heterocycles. The second kappa shape index (κ2) is 4.92. The van der Waals surface area contributed by atoms with Crippen molar-refractivity contribution >= 4 is 15.9 Å². The summed E-state index contributed by atoms with van der Waals surface area (Å²) in [6.45, 7) is 9.74. The Morgan fingerprint density at radius 3 is 2.43 bits per heavy atom. The molecule has 0 saturated heterocycles. The molecule has 1 fully saturated rings. The number of hydrogen-bond donors (Lipinski definition) is 1. The summed E-state index contributed by atoms with van der Waals surface area (Å²) in [4.78, 5) is 0. The van der Waals surface area contributed by atoms with E-state index in [9.17, 15) is 0 Å². The van der Waals surface area contributed by atoms with Crippen LogP contribution in [0.1, 0.15) is 33.6 Å². The molecular weight excluding hydrogens is 330 g/mol. The fourth-order valence-corrected chi connectivity index (χ4v) is 3.42. The molecule has 0 spiro atoms. The third-order valence-corrected chi connectivity index (χ3v) is 5.74. The molecule has 4 nitrogen and oxygen atoms in total. The first kappa shape index (κ1) is 14.7. The zero-order chi connectivity index (χ0) is 15.3. The molecule has 1 saturated carbocycles. The maximum Gasteiger partial charge on any atom is 0.248 e. The lowest BCUT2D eigenvalue weighted by Gasteiger charge is -2.03. The molecule has 0 amide bonds. The number of rotatable bonds is 4. The van der Waals surface area contributed by atoms with Crippen molar-refractivity contribution in [3.05, 3.63) is 34.6 Å². The second-order valence-corrected chi connectivity index (χ2v) is 7.59. The number of benzene rings is 1. The van der Waals surface area contributed by atoms with Gasteiger partial charge in [-0.15, -0.1) is 10.2 Å². The SMILES string of the molecule is CC1(C)C(NCc2nnc(-c3ccccc3Br)o2)C1(C)C. The van der Waals surface area contributed by atoms with Crippen LogP contribution in [0.5, 0.6) is 0 Å². The van der Waals surface area contributed by atoms with E-state index in [0.717, 1.165) is 10.0 Å². The highest BCUT2D eigenvalue weighted by atomic mass is 79.9. The third kappa shape index (κ3) is 2.42. The molecule has 2 aromatic rings. The van der Waals surface area contributed by atoms with Crippen LogP contribution in [0, 0.1) is 10.8 Å². The van der Waals surface area contributed by atoms with Crippen molar-refractivity contribution in [1.29, 1.82) is 0 Å². The Bertz CT molecular complexity index is 649. The van der Waals surface area contributed by atoms with Gasteiger partial charge in [0.1, 0.15) is 0 Å². The zero-order valence-electron chi connectivity index (χ0n) is 12.8. The summed E-state index contributed by atoms with van der Waals surface area (Å²) in [5.41, 5.74) is 1.53. The minimum atomic E-state index is 0.304. The lowest BCUT2D eigenvalue weighted by atomic mass is 10.0. The van der Waals surface area contributed by atoms with E-state index >= 15 is 0 Å². The Balaban J connectivity index is 1.69. The lowest BCUT2D eigenvalue weighted by molar-refractivity contribution is 0.457. The number of halogens is 1. The summed E-state index contributed by atoms with van der Waals surface area (Å²) in [5.74, 6) is 1.17. The summed E-state index contributed by atoms with van der Waals surface area (Å²) >= 11 is 3.50. The molecule has 0 atom stereocenters. The Morgan fingerprint density at radius 2 is 1.81 bits per heavy atom. The molecule has 1 aromatic carbocycles. The van der Waals surface area contributed by atoms with Gasteiger partial charge in [-0.3, -0.25) is 0 Å². The minimum absolute atomic E-state index is 0.304. The first-order valence-corrected chi connectivity index (χ1v) is 7.94. The molecule has 0 aliphatic heterocycles. The Morgan fingerprint density at radius 1 is 1.14 bits per heavy atom. The van der Waals surface area contributed by atoms with Gasteiger partial charge in [0.25, 0.3) is 0 Å². The number of hydrogen-bond acceptors (Lipinski definition) is 4. The average Bonchev–Trinajstić information content (AvgIpc) is 2.78. The maximum atomic E-state index is 5.75. The van der Waals surface area contributed by atoms with Crippen molar-refractivity contribution in [3.8, 4) is 11.5 Å².